The van der Waals surface area contributed by atoms with Crippen molar-refractivity contribution < 1.29 is 5.11 Å². The highest BCUT2D eigenvalue weighted by molar-refractivity contribution is 4.85. The SMILES string of the molecule is CCCCC1CCC1NC.CCO. The van der Waals surface area contributed by atoms with E-state index in [1.165, 1.54) is 32.1 Å². The van der Waals surface area contributed by atoms with Crippen LogP contribution in [0.25, 0.3) is 0 Å². The molecular weight excluding hydrogens is 162 g/mol. The fourth-order valence-corrected chi connectivity index (χ4v) is 1.76. The summed E-state index contributed by atoms with van der Waals surface area (Å²) in [7, 11) is 2.09. The van der Waals surface area contributed by atoms with E-state index in [1.807, 2.05) is 0 Å². The van der Waals surface area contributed by atoms with Crippen molar-refractivity contribution in [3.63, 3.8) is 0 Å². The first-order valence-corrected chi connectivity index (χ1v) is 5.58. The zero-order valence-corrected chi connectivity index (χ0v) is 9.34. The Kier molecular flexibility index (Phi) is 8.46. The Bertz CT molecular complexity index is 104. The Hall–Kier alpha value is -0.0800. The maximum Gasteiger partial charge on any atom is 0.0402 e. The molecule has 1 aliphatic rings. The van der Waals surface area contributed by atoms with E-state index in [2.05, 4.69) is 19.3 Å². The molecule has 1 saturated carbocycles. The van der Waals surface area contributed by atoms with Gasteiger partial charge >= 0.3 is 0 Å². The van der Waals surface area contributed by atoms with Gasteiger partial charge in [0.25, 0.3) is 0 Å². The van der Waals surface area contributed by atoms with Gasteiger partial charge in [0, 0.05) is 12.6 Å². The monoisotopic (exact) mass is 187 g/mol. The average Bonchev–Trinajstić information content (AvgIpc) is 2.05. The van der Waals surface area contributed by atoms with Crippen molar-refractivity contribution in [2.75, 3.05) is 13.7 Å². The van der Waals surface area contributed by atoms with Crippen molar-refractivity contribution in [1.29, 1.82) is 0 Å². The minimum Gasteiger partial charge on any atom is -0.397 e. The van der Waals surface area contributed by atoms with Crippen LogP contribution in [0.1, 0.15) is 46.0 Å². The Labute approximate surface area is 82.7 Å². The summed E-state index contributed by atoms with van der Waals surface area (Å²) in [5.74, 6) is 1.00. The van der Waals surface area contributed by atoms with E-state index in [4.69, 9.17) is 5.11 Å². The summed E-state index contributed by atoms with van der Waals surface area (Å²) >= 11 is 0. The third-order valence-corrected chi connectivity index (χ3v) is 2.72. The third kappa shape index (κ3) is 5.27. The molecule has 2 nitrogen and oxygen atoms in total. The first-order chi connectivity index (χ1) is 6.29. The van der Waals surface area contributed by atoms with Gasteiger partial charge in [0.2, 0.25) is 0 Å². The number of unbranched alkanes of at least 4 members (excludes halogenated alkanes) is 1. The lowest BCUT2D eigenvalue weighted by Gasteiger charge is -2.36. The van der Waals surface area contributed by atoms with Crippen LogP contribution < -0.4 is 5.32 Å². The van der Waals surface area contributed by atoms with Crippen LogP contribution in [-0.2, 0) is 0 Å². The normalized spacial score (nSPS) is 25.8. The van der Waals surface area contributed by atoms with Gasteiger partial charge in [-0.25, -0.2) is 0 Å². The van der Waals surface area contributed by atoms with Gasteiger partial charge in [0.15, 0.2) is 0 Å². The molecule has 2 N–H and O–H groups in total. The largest absolute Gasteiger partial charge is 0.397 e. The summed E-state index contributed by atoms with van der Waals surface area (Å²) in [6.07, 6.45) is 7.09. The van der Waals surface area contributed by atoms with Crippen LogP contribution in [0, 0.1) is 5.92 Å². The molecule has 0 spiro atoms. The number of aliphatic hydroxyl groups is 1. The Morgan fingerprint density at radius 3 is 2.23 bits per heavy atom. The van der Waals surface area contributed by atoms with Gasteiger partial charge in [-0.05, 0) is 39.2 Å². The first-order valence-electron chi connectivity index (χ1n) is 5.58. The number of nitrogens with one attached hydrogen (secondary N) is 1. The quantitative estimate of drug-likeness (QED) is 0.707. The Balaban J connectivity index is 0.000000424. The summed E-state index contributed by atoms with van der Waals surface area (Å²) in [5, 5.41) is 10.9. The predicted octanol–water partition coefficient (Wildman–Crippen LogP) is 2.17. The van der Waals surface area contributed by atoms with E-state index in [0.29, 0.717) is 0 Å². The molecular formula is C11H25NO. The Morgan fingerprint density at radius 2 is 1.92 bits per heavy atom. The fraction of sp³-hybridized carbons (Fsp3) is 1.00. The molecule has 2 unspecified atom stereocenters. The van der Waals surface area contributed by atoms with Gasteiger partial charge in [0.05, 0.1) is 0 Å². The van der Waals surface area contributed by atoms with Crippen molar-refractivity contribution in [3.05, 3.63) is 0 Å². The van der Waals surface area contributed by atoms with E-state index in [1.54, 1.807) is 6.92 Å². The summed E-state index contributed by atoms with van der Waals surface area (Å²) in [4.78, 5) is 0. The molecule has 1 fully saturated rings. The molecule has 2 heteroatoms. The molecule has 0 aromatic carbocycles. The predicted molar refractivity (Wildman–Crippen MR) is 57.9 cm³/mol. The second-order valence-corrected chi connectivity index (χ2v) is 3.69. The lowest BCUT2D eigenvalue weighted by atomic mass is 9.77. The topological polar surface area (TPSA) is 32.3 Å². The van der Waals surface area contributed by atoms with Crippen molar-refractivity contribution in [2.24, 2.45) is 5.92 Å². The lowest BCUT2D eigenvalue weighted by Crippen LogP contribution is -2.41. The van der Waals surface area contributed by atoms with Gasteiger partial charge < -0.3 is 10.4 Å². The standard InChI is InChI=1S/C9H19N.C2H6O/c1-3-4-5-8-6-7-9(8)10-2;1-2-3/h8-10H,3-7H2,1-2H3;3H,2H2,1H3. The molecule has 0 bridgehead atoms. The first kappa shape index (κ1) is 12.9. The minimum absolute atomic E-state index is 0.250. The third-order valence-electron chi connectivity index (χ3n) is 2.72. The molecule has 13 heavy (non-hydrogen) atoms. The molecule has 80 valence electrons. The van der Waals surface area contributed by atoms with Gasteiger partial charge in [-0.1, -0.05) is 19.8 Å². The summed E-state index contributed by atoms with van der Waals surface area (Å²) in [5.41, 5.74) is 0. The van der Waals surface area contributed by atoms with Gasteiger partial charge in [-0.2, -0.15) is 0 Å². The van der Waals surface area contributed by atoms with Gasteiger partial charge in [-0.3, -0.25) is 0 Å². The van der Waals surface area contributed by atoms with Crippen molar-refractivity contribution >= 4 is 0 Å². The zero-order valence-electron chi connectivity index (χ0n) is 9.34. The van der Waals surface area contributed by atoms with Gasteiger partial charge in [-0.15, -0.1) is 0 Å². The number of hydrogen-bond donors (Lipinski definition) is 2. The molecule has 2 atom stereocenters. The molecule has 0 aromatic heterocycles. The molecule has 1 rings (SSSR count). The van der Waals surface area contributed by atoms with E-state index in [0.717, 1.165) is 12.0 Å². The van der Waals surface area contributed by atoms with Crippen LogP contribution in [0.2, 0.25) is 0 Å². The van der Waals surface area contributed by atoms with Crippen LogP contribution in [0.15, 0.2) is 0 Å². The molecule has 0 aromatic rings. The van der Waals surface area contributed by atoms with Crippen molar-refractivity contribution in [2.45, 2.75) is 52.0 Å². The fourth-order valence-electron chi connectivity index (χ4n) is 1.76. The van der Waals surface area contributed by atoms with E-state index in [9.17, 15) is 0 Å². The molecule has 0 saturated heterocycles. The minimum atomic E-state index is 0.250. The molecule has 1 aliphatic carbocycles. The number of rotatable bonds is 4. The lowest BCUT2D eigenvalue weighted by molar-refractivity contribution is 0.204. The summed E-state index contributed by atoms with van der Waals surface area (Å²) < 4.78 is 0. The van der Waals surface area contributed by atoms with Crippen LogP contribution in [0.3, 0.4) is 0 Å². The Morgan fingerprint density at radius 1 is 1.31 bits per heavy atom. The van der Waals surface area contributed by atoms with Crippen LogP contribution in [-0.4, -0.2) is 24.8 Å². The molecule has 0 aliphatic heterocycles. The summed E-state index contributed by atoms with van der Waals surface area (Å²) in [6, 6.07) is 0.853. The number of hydrogen-bond acceptors (Lipinski definition) is 2. The highest BCUT2D eigenvalue weighted by Crippen LogP contribution is 2.31. The highest BCUT2D eigenvalue weighted by atomic mass is 16.2. The number of aliphatic hydroxyl groups excluding tert-OH is 1. The summed E-state index contributed by atoms with van der Waals surface area (Å²) in [6.45, 7) is 4.20. The van der Waals surface area contributed by atoms with Crippen molar-refractivity contribution in [3.8, 4) is 0 Å². The smallest absolute Gasteiger partial charge is 0.0402 e. The zero-order chi connectivity index (χ0) is 10.1. The van der Waals surface area contributed by atoms with Crippen LogP contribution in [0.4, 0.5) is 0 Å². The molecule has 0 radical (unpaired) electrons. The maximum absolute atomic E-state index is 7.57. The molecule has 0 heterocycles. The second-order valence-electron chi connectivity index (χ2n) is 3.69. The van der Waals surface area contributed by atoms with E-state index < -0.39 is 0 Å². The second kappa shape index (κ2) is 8.52. The highest BCUT2D eigenvalue weighted by Gasteiger charge is 2.27. The van der Waals surface area contributed by atoms with Crippen LogP contribution >= 0.6 is 0 Å². The maximum atomic E-state index is 7.57. The van der Waals surface area contributed by atoms with Gasteiger partial charge in [0.1, 0.15) is 0 Å². The van der Waals surface area contributed by atoms with Crippen molar-refractivity contribution in [1.82, 2.24) is 5.32 Å². The molecule has 0 amide bonds. The van der Waals surface area contributed by atoms with Crippen LogP contribution in [0.5, 0.6) is 0 Å². The average molecular weight is 187 g/mol. The van der Waals surface area contributed by atoms with E-state index >= 15 is 0 Å². The van der Waals surface area contributed by atoms with E-state index in [-0.39, 0.29) is 6.61 Å².